The van der Waals surface area contributed by atoms with E-state index in [2.05, 4.69) is 66.9 Å². The molecule has 0 saturated carbocycles. The second-order valence-corrected chi connectivity index (χ2v) is 6.57. The molecule has 0 radical (unpaired) electrons. The molecule has 0 bridgehead atoms. The van der Waals surface area contributed by atoms with Gasteiger partial charge in [-0.3, -0.25) is 4.98 Å². The Balaban J connectivity index is 0.00000210. The summed E-state index contributed by atoms with van der Waals surface area (Å²) in [5, 5.41) is 1.26. The van der Waals surface area contributed by atoms with E-state index in [0.29, 0.717) is 0 Å². The number of ether oxygens (including phenoxy) is 1. The number of hydrogen-bond acceptors (Lipinski definition) is 2. The van der Waals surface area contributed by atoms with Crippen LogP contribution in [0.5, 0.6) is 5.75 Å². The summed E-state index contributed by atoms with van der Waals surface area (Å²) in [6.07, 6.45) is 1.90. The van der Waals surface area contributed by atoms with Gasteiger partial charge in [-0.25, -0.2) is 0 Å². The number of halogens is 1. The summed E-state index contributed by atoms with van der Waals surface area (Å²) in [6, 6.07) is 20.8. The van der Waals surface area contributed by atoms with Crippen molar-refractivity contribution < 1.29 is 4.74 Å². The molecule has 0 saturated heterocycles. The van der Waals surface area contributed by atoms with E-state index in [1.54, 1.807) is 7.11 Å². The largest absolute Gasteiger partial charge is 0.497 e. The predicted molar refractivity (Wildman–Crippen MR) is 114 cm³/mol. The van der Waals surface area contributed by atoms with Crippen molar-refractivity contribution in [2.45, 2.75) is 20.4 Å². The topological polar surface area (TPSA) is 27.1 Å². The quantitative estimate of drug-likeness (QED) is 0.448. The second-order valence-electron chi connectivity index (χ2n) is 6.57. The van der Waals surface area contributed by atoms with Gasteiger partial charge in [-0.2, -0.15) is 0 Å². The van der Waals surface area contributed by atoms with Crippen LogP contribution in [0.2, 0.25) is 0 Å². The lowest BCUT2D eigenvalue weighted by molar-refractivity contribution is 0.415. The van der Waals surface area contributed by atoms with Gasteiger partial charge in [0, 0.05) is 29.4 Å². The van der Waals surface area contributed by atoms with Crippen molar-refractivity contribution in [3.8, 4) is 17.0 Å². The standard InChI is InChI=1S/C23H22N2O.ClH/c1-16-17(2)25(15-18-7-5-4-6-8-18)23-21(16)13-14-24-22(23)19-9-11-20(26-3)12-10-19;/h4-14H,15H2,1-3H3;1H. The van der Waals surface area contributed by atoms with Crippen LogP contribution in [0.1, 0.15) is 16.8 Å². The number of rotatable bonds is 4. The fourth-order valence-electron chi connectivity index (χ4n) is 3.52. The minimum absolute atomic E-state index is 0. The zero-order chi connectivity index (χ0) is 18.1. The summed E-state index contributed by atoms with van der Waals surface area (Å²) in [7, 11) is 1.69. The first-order valence-electron chi connectivity index (χ1n) is 8.82. The molecule has 2 aromatic carbocycles. The van der Waals surface area contributed by atoms with Gasteiger partial charge in [-0.1, -0.05) is 30.3 Å². The molecule has 4 aromatic rings. The van der Waals surface area contributed by atoms with E-state index in [-0.39, 0.29) is 12.4 Å². The summed E-state index contributed by atoms with van der Waals surface area (Å²) >= 11 is 0. The molecule has 0 aliphatic rings. The second kappa shape index (κ2) is 7.85. The van der Waals surface area contributed by atoms with Crippen molar-refractivity contribution in [1.82, 2.24) is 9.55 Å². The van der Waals surface area contributed by atoms with Crippen molar-refractivity contribution in [2.75, 3.05) is 7.11 Å². The van der Waals surface area contributed by atoms with Crippen molar-refractivity contribution in [2.24, 2.45) is 0 Å². The van der Waals surface area contributed by atoms with Crippen LogP contribution in [0.25, 0.3) is 22.2 Å². The maximum absolute atomic E-state index is 5.29. The lowest BCUT2D eigenvalue weighted by Crippen LogP contribution is -2.03. The number of methoxy groups -OCH3 is 1. The van der Waals surface area contributed by atoms with E-state index < -0.39 is 0 Å². The summed E-state index contributed by atoms with van der Waals surface area (Å²) in [6.45, 7) is 5.22. The molecule has 0 aliphatic heterocycles. The molecule has 0 atom stereocenters. The zero-order valence-electron chi connectivity index (χ0n) is 15.8. The van der Waals surface area contributed by atoms with Crippen molar-refractivity contribution in [1.29, 1.82) is 0 Å². The number of benzene rings is 2. The van der Waals surface area contributed by atoms with Gasteiger partial charge in [0.25, 0.3) is 0 Å². The molecule has 0 unspecified atom stereocenters. The fraction of sp³-hybridized carbons (Fsp3) is 0.174. The van der Waals surface area contributed by atoms with Crippen LogP contribution in [0.15, 0.2) is 66.9 Å². The van der Waals surface area contributed by atoms with Crippen LogP contribution in [0.4, 0.5) is 0 Å². The molecule has 2 aromatic heterocycles. The van der Waals surface area contributed by atoms with Gasteiger partial charge in [0.1, 0.15) is 5.75 Å². The molecule has 4 heteroatoms. The number of aromatic nitrogens is 2. The summed E-state index contributed by atoms with van der Waals surface area (Å²) < 4.78 is 7.67. The van der Waals surface area contributed by atoms with E-state index in [1.807, 2.05) is 18.3 Å². The average Bonchev–Trinajstić information content (AvgIpc) is 2.94. The first kappa shape index (κ1) is 19.0. The lowest BCUT2D eigenvalue weighted by Gasteiger charge is -2.12. The molecule has 2 heterocycles. The Morgan fingerprint density at radius 1 is 0.926 bits per heavy atom. The molecule has 0 amide bonds. The molecular weight excluding hydrogens is 356 g/mol. The van der Waals surface area contributed by atoms with E-state index in [0.717, 1.165) is 23.6 Å². The molecule has 0 N–H and O–H groups in total. The minimum atomic E-state index is 0. The van der Waals surface area contributed by atoms with Crippen LogP contribution in [0.3, 0.4) is 0 Å². The Labute approximate surface area is 166 Å². The molecule has 138 valence electrons. The van der Waals surface area contributed by atoms with E-state index >= 15 is 0 Å². The lowest BCUT2D eigenvalue weighted by atomic mass is 10.1. The van der Waals surface area contributed by atoms with Gasteiger partial charge >= 0.3 is 0 Å². The first-order valence-corrected chi connectivity index (χ1v) is 8.82. The summed E-state index contributed by atoms with van der Waals surface area (Å²) in [5.74, 6) is 0.855. The average molecular weight is 379 g/mol. The highest BCUT2D eigenvalue weighted by Crippen LogP contribution is 2.33. The van der Waals surface area contributed by atoms with E-state index in [1.165, 1.54) is 27.7 Å². The van der Waals surface area contributed by atoms with Crippen molar-refractivity contribution >= 4 is 23.3 Å². The fourth-order valence-corrected chi connectivity index (χ4v) is 3.52. The molecule has 4 rings (SSSR count). The molecule has 0 spiro atoms. The number of aryl methyl sites for hydroxylation is 1. The first-order chi connectivity index (χ1) is 12.7. The van der Waals surface area contributed by atoms with Crippen molar-refractivity contribution in [3.63, 3.8) is 0 Å². The monoisotopic (exact) mass is 378 g/mol. The summed E-state index contributed by atoms with van der Waals surface area (Å²) in [5.41, 5.74) is 7.19. The molecule has 0 aliphatic carbocycles. The molecule has 27 heavy (non-hydrogen) atoms. The minimum Gasteiger partial charge on any atom is -0.497 e. The number of nitrogens with zero attached hydrogens (tertiary/aromatic N) is 2. The van der Waals surface area contributed by atoms with Crippen LogP contribution < -0.4 is 4.74 Å². The van der Waals surface area contributed by atoms with E-state index in [9.17, 15) is 0 Å². The molecule has 3 nitrogen and oxygen atoms in total. The highest BCUT2D eigenvalue weighted by Gasteiger charge is 2.16. The normalized spacial score (nSPS) is 10.6. The van der Waals surface area contributed by atoms with Crippen LogP contribution >= 0.6 is 12.4 Å². The Morgan fingerprint density at radius 2 is 1.63 bits per heavy atom. The molecule has 0 fully saturated rings. The highest BCUT2D eigenvalue weighted by molar-refractivity contribution is 5.95. The van der Waals surface area contributed by atoms with Crippen molar-refractivity contribution in [3.05, 3.63) is 83.7 Å². The third-order valence-corrected chi connectivity index (χ3v) is 5.09. The molecular formula is C23H23ClN2O. The van der Waals surface area contributed by atoms with Gasteiger partial charge in [0.15, 0.2) is 0 Å². The smallest absolute Gasteiger partial charge is 0.118 e. The van der Waals surface area contributed by atoms with Gasteiger partial charge in [-0.15, -0.1) is 12.4 Å². The maximum Gasteiger partial charge on any atom is 0.118 e. The Bertz CT molecular complexity index is 1050. The zero-order valence-corrected chi connectivity index (χ0v) is 16.6. The SMILES string of the molecule is COc1ccc(-c2nccc3c(C)c(C)n(Cc4ccccc4)c23)cc1.Cl. The predicted octanol–water partition coefficient (Wildman–Crippen LogP) is 5.80. The van der Waals surface area contributed by atoms with Crippen LogP contribution in [-0.4, -0.2) is 16.7 Å². The highest BCUT2D eigenvalue weighted by atomic mass is 35.5. The Kier molecular flexibility index (Phi) is 5.52. The van der Waals surface area contributed by atoms with Gasteiger partial charge in [-0.05, 0) is 55.3 Å². The van der Waals surface area contributed by atoms with E-state index in [4.69, 9.17) is 9.72 Å². The van der Waals surface area contributed by atoms with Gasteiger partial charge < -0.3 is 9.30 Å². The number of fused-ring (bicyclic) bond motifs is 1. The third kappa shape index (κ3) is 3.43. The Hall–Kier alpha value is -2.78. The van der Waals surface area contributed by atoms with Gasteiger partial charge in [0.2, 0.25) is 0 Å². The number of pyridine rings is 1. The Morgan fingerprint density at radius 3 is 2.30 bits per heavy atom. The summed E-state index contributed by atoms with van der Waals surface area (Å²) in [4.78, 5) is 4.73. The maximum atomic E-state index is 5.29. The third-order valence-electron chi connectivity index (χ3n) is 5.09. The van der Waals surface area contributed by atoms with Crippen LogP contribution in [0, 0.1) is 13.8 Å². The van der Waals surface area contributed by atoms with Gasteiger partial charge in [0.05, 0.1) is 18.3 Å². The number of hydrogen-bond donors (Lipinski definition) is 0. The van der Waals surface area contributed by atoms with Crippen LogP contribution in [-0.2, 0) is 6.54 Å².